The predicted octanol–water partition coefficient (Wildman–Crippen LogP) is 3.98. The van der Waals surface area contributed by atoms with Crippen molar-refractivity contribution in [2.24, 2.45) is 0 Å². The van der Waals surface area contributed by atoms with Gasteiger partial charge in [-0.3, -0.25) is 0 Å². The van der Waals surface area contributed by atoms with Gasteiger partial charge in [-0.05, 0) is 24.6 Å². The molecule has 6 nitrogen and oxygen atoms in total. The molecule has 6 heteroatoms. The van der Waals surface area contributed by atoms with Gasteiger partial charge in [-0.15, -0.1) is 0 Å². The van der Waals surface area contributed by atoms with Crippen LogP contribution in [0.1, 0.15) is 18.5 Å². The number of nitrogens with zero attached hydrogens (tertiary/aromatic N) is 2. The van der Waals surface area contributed by atoms with E-state index in [1.807, 2.05) is 42.5 Å². The molecule has 0 aliphatic carbocycles. The molecule has 1 heterocycles. The van der Waals surface area contributed by atoms with Gasteiger partial charge in [0.15, 0.2) is 11.6 Å². The molecule has 1 aromatic heterocycles. The third kappa shape index (κ3) is 3.80. The van der Waals surface area contributed by atoms with E-state index in [0.29, 0.717) is 23.1 Å². The highest BCUT2D eigenvalue weighted by atomic mass is 16.5. The summed E-state index contributed by atoms with van der Waals surface area (Å²) < 4.78 is 5.35. The van der Waals surface area contributed by atoms with Gasteiger partial charge < -0.3 is 21.1 Å². The summed E-state index contributed by atoms with van der Waals surface area (Å²) in [6, 6.07) is 17.8. The first-order valence-corrected chi connectivity index (χ1v) is 8.01. The van der Waals surface area contributed by atoms with Gasteiger partial charge in [0, 0.05) is 0 Å². The van der Waals surface area contributed by atoms with E-state index in [2.05, 4.69) is 39.7 Å². The Kier molecular flexibility index (Phi) is 4.99. The molecule has 1 atom stereocenters. The molecule has 1 unspecified atom stereocenters. The Labute approximate surface area is 147 Å². The summed E-state index contributed by atoms with van der Waals surface area (Å²) in [6.07, 6.45) is 1.48. The number of nitrogens with one attached hydrogen (secondary N) is 2. The molecule has 0 saturated heterocycles. The molecule has 2 aromatic carbocycles. The van der Waals surface area contributed by atoms with Gasteiger partial charge in [-0.2, -0.15) is 0 Å². The fraction of sp³-hybridized carbons (Fsp3) is 0.158. The number of ether oxygens (including phenoxy) is 1. The normalized spacial score (nSPS) is 11.6. The molecule has 25 heavy (non-hydrogen) atoms. The number of aromatic nitrogens is 2. The lowest BCUT2D eigenvalue weighted by Gasteiger charge is -2.18. The third-order valence-corrected chi connectivity index (χ3v) is 3.90. The Morgan fingerprint density at radius 1 is 0.960 bits per heavy atom. The summed E-state index contributed by atoms with van der Waals surface area (Å²) >= 11 is 0. The monoisotopic (exact) mass is 335 g/mol. The topological polar surface area (TPSA) is 85.1 Å². The van der Waals surface area contributed by atoms with Crippen LogP contribution >= 0.6 is 0 Å². The van der Waals surface area contributed by atoms with E-state index < -0.39 is 0 Å². The summed E-state index contributed by atoms with van der Waals surface area (Å²) in [4.78, 5) is 8.52. The first-order valence-electron chi connectivity index (χ1n) is 8.01. The smallest absolute Gasteiger partial charge is 0.159 e. The van der Waals surface area contributed by atoms with Crippen molar-refractivity contribution in [3.05, 3.63) is 66.5 Å². The predicted molar refractivity (Wildman–Crippen MR) is 101 cm³/mol. The Morgan fingerprint density at radius 2 is 1.64 bits per heavy atom. The van der Waals surface area contributed by atoms with Crippen LogP contribution in [0.2, 0.25) is 0 Å². The molecule has 0 aliphatic heterocycles. The van der Waals surface area contributed by atoms with Gasteiger partial charge in [-0.1, -0.05) is 42.5 Å². The molecule has 0 aliphatic rings. The molecule has 0 amide bonds. The highest BCUT2D eigenvalue weighted by molar-refractivity contribution is 5.79. The molecule has 128 valence electrons. The summed E-state index contributed by atoms with van der Waals surface area (Å²) in [7, 11) is 1.62. The van der Waals surface area contributed by atoms with Crippen molar-refractivity contribution >= 4 is 23.0 Å². The molecular weight excluding hydrogens is 314 g/mol. The van der Waals surface area contributed by atoms with Gasteiger partial charge in [0.25, 0.3) is 0 Å². The van der Waals surface area contributed by atoms with Crippen LogP contribution in [-0.2, 0) is 0 Å². The summed E-state index contributed by atoms with van der Waals surface area (Å²) in [5, 5.41) is 6.54. The van der Waals surface area contributed by atoms with E-state index in [4.69, 9.17) is 10.5 Å². The zero-order chi connectivity index (χ0) is 17.6. The van der Waals surface area contributed by atoms with E-state index in [9.17, 15) is 0 Å². The molecule has 0 bridgehead atoms. The maximum absolute atomic E-state index is 6.26. The Hall–Kier alpha value is -3.28. The van der Waals surface area contributed by atoms with Crippen LogP contribution in [0.3, 0.4) is 0 Å². The average Bonchev–Trinajstić information content (AvgIpc) is 2.66. The minimum absolute atomic E-state index is 0.0671. The molecule has 0 radical (unpaired) electrons. The van der Waals surface area contributed by atoms with Crippen LogP contribution in [0.4, 0.5) is 23.0 Å². The van der Waals surface area contributed by atoms with Crippen LogP contribution in [0.25, 0.3) is 0 Å². The second-order valence-electron chi connectivity index (χ2n) is 5.59. The van der Waals surface area contributed by atoms with E-state index >= 15 is 0 Å². The maximum Gasteiger partial charge on any atom is 0.159 e. The number of benzene rings is 2. The van der Waals surface area contributed by atoms with Crippen LogP contribution in [0, 0.1) is 0 Å². The van der Waals surface area contributed by atoms with Gasteiger partial charge in [-0.25, -0.2) is 9.97 Å². The molecule has 3 aromatic rings. The van der Waals surface area contributed by atoms with E-state index in [0.717, 1.165) is 11.3 Å². The van der Waals surface area contributed by atoms with Crippen molar-refractivity contribution < 1.29 is 4.74 Å². The van der Waals surface area contributed by atoms with Crippen molar-refractivity contribution in [1.29, 1.82) is 0 Å². The zero-order valence-corrected chi connectivity index (χ0v) is 14.2. The molecule has 0 spiro atoms. The van der Waals surface area contributed by atoms with Crippen molar-refractivity contribution in [3.8, 4) is 5.75 Å². The SMILES string of the molecule is COc1ccccc1Nc1ncnc(NC(C)c2ccccc2)c1N. The first-order chi connectivity index (χ1) is 12.2. The Morgan fingerprint density at radius 3 is 2.40 bits per heavy atom. The lowest BCUT2D eigenvalue weighted by Crippen LogP contribution is -2.11. The van der Waals surface area contributed by atoms with Crippen LogP contribution < -0.4 is 21.1 Å². The second-order valence-corrected chi connectivity index (χ2v) is 5.59. The highest BCUT2D eigenvalue weighted by Gasteiger charge is 2.13. The van der Waals surface area contributed by atoms with Crippen LogP contribution in [0.5, 0.6) is 5.75 Å². The lowest BCUT2D eigenvalue weighted by molar-refractivity contribution is 0.417. The number of methoxy groups -OCH3 is 1. The quantitative estimate of drug-likeness (QED) is 0.632. The Balaban J connectivity index is 1.83. The summed E-state index contributed by atoms with van der Waals surface area (Å²) in [5.41, 5.74) is 8.65. The second kappa shape index (κ2) is 7.53. The standard InChI is InChI=1S/C19H21N5O/c1-13(14-8-4-3-5-9-14)23-18-17(20)19(22-12-21-18)24-15-10-6-7-11-16(15)25-2/h3-13H,20H2,1-2H3,(H2,21,22,23,24). The molecular formula is C19H21N5O. The first kappa shape index (κ1) is 16.6. The minimum Gasteiger partial charge on any atom is -0.495 e. The van der Waals surface area contributed by atoms with Gasteiger partial charge >= 0.3 is 0 Å². The maximum atomic E-state index is 6.26. The number of nitrogen functional groups attached to an aromatic ring is 1. The number of hydrogen-bond donors (Lipinski definition) is 3. The number of hydrogen-bond acceptors (Lipinski definition) is 6. The third-order valence-electron chi connectivity index (χ3n) is 3.90. The van der Waals surface area contributed by atoms with Crippen molar-refractivity contribution in [1.82, 2.24) is 9.97 Å². The number of nitrogens with two attached hydrogens (primary N) is 1. The molecule has 4 N–H and O–H groups in total. The molecule has 0 fully saturated rings. The largest absolute Gasteiger partial charge is 0.495 e. The zero-order valence-electron chi connectivity index (χ0n) is 14.2. The summed E-state index contributed by atoms with van der Waals surface area (Å²) in [5.74, 6) is 1.83. The molecule has 0 saturated carbocycles. The fourth-order valence-corrected chi connectivity index (χ4v) is 2.52. The Bertz CT molecular complexity index is 838. The van der Waals surface area contributed by atoms with Gasteiger partial charge in [0.2, 0.25) is 0 Å². The van der Waals surface area contributed by atoms with Crippen molar-refractivity contribution in [2.45, 2.75) is 13.0 Å². The van der Waals surface area contributed by atoms with Crippen LogP contribution in [0.15, 0.2) is 60.9 Å². The fourth-order valence-electron chi connectivity index (χ4n) is 2.52. The van der Waals surface area contributed by atoms with E-state index in [1.165, 1.54) is 6.33 Å². The minimum atomic E-state index is 0.0671. The lowest BCUT2D eigenvalue weighted by atomic mass is 10.1. The number of rotatable bonds is 6. The molecule has 3 rings (SSSR count). The number of para-hydroxylation sites is 2. The van der Waals surface area contributed by atoms with Crippen molar-refractivity contribution in [2.75, 3.05) is 23.5 Å². The van der Waals surface area contributed by atoms with Gasteiger partial charge in [0.1, 0.15) is 17.8 Å². The number of anilines is 4. The average molecular weight is 335 g/mol. The highest BCUT2D eigenvalue weighted by Crippen LogP contribution is 2.31. The van der Waals surface area contributed by atoms with Crippen molar-refractivity contribution in [3.63, 3.8) is 0 Å². The van der Waals surface area contributed by atoms with E-state index in [1.54, 1.807) is 7.11 Å². The van der Waals surface area contributed by atoms with Crippen LogP contribution in [-0.4, -0.2) is 17.1 Å². The summed E-state index contributed by atoms with van der Waals surface area (Å²) in [6.45, 7) is 2.06. The van der Waals surface area contributed by atoms with Gasteiger partial charge in [0.05, 0.1) is 18.8 Å². The van der Waals surface area contributed by atoms with E-state index in [-0.39, 0.29) is 6.04 Å².